The minimum Gasteiger partial charge on any atom is -0.428 e. The third kappa shape index (κ3) is 5.37. The molecule has 2 fully saturated rings. The van der Waals surface area contributed by atoms with Crippen LogP contribution in [-0.4, -0.2) is 28.4 Å². The van der Waals surface area contributed by atoms with E-state index in [9.17, 15) is 14.4 Å². The number of nitrogens with one attached hydrogen (secondary N) is 1. The van der Waals surface area contributed by atoms with Crippen molar-refractivity contribution in [1.29, 1.82) is 0 Å². The van der Waals surface area contributed by atoms with Crippen LogP contribution in [0.5, 0.6) is 5.75 Å². The predicted molar refractivity (Wildman–Crippen MR) is 147 cm³/mol. The number of Topliss-reactive ketones (excluding diaryl/α,β-unsaturated/α-hetero) is 1. The molecule has 7 nitrogen and oxygen atoms in total. The lowest BCUT2D eigenvalue weighted by atomic mass is 9.54. The van der Waals surface area contributed by atoms with Crippen molar-refractivity contribution < 1.29 is 23.9 Å². The number of ketones is 1. The first-order valence-corrected chi connectivity index (χ1v) is 14.5. The molecule has 1 heterocycles. The Morgan fingerprint density at radius 2 is 2.03 bits per heavy atom. The second kappa shape index (κ2) is 10.1. The Kier molecular flexibility index (Phi) is 7.14. The summed E-state index contributed by atoms with van der Waals surface area (Å²) in [5, 5.41) is 3.55. The summed E-state index contributed by atoms with van der Waals surface area (Å²) in [7, 11) is 0. The van der Waals surface area contributed by atoms with Crippen LogP contribution in [0.3, 0.4) is 0 Å². The van der Waals surface area contributed by atoms with Gasteiger partial charge in [0.15, 0.2) is 5.13 Å². The van der Waals surface area contributed by atoms with E-state index in [0.29, 0.717) is 41.3 Å². The Morgan fingerprint density at radius 1 is 1.24 bits per heavy atom. The van der Waals surface area contributed by atoms with Crippen LogP contribution in [0.2, 0.25) is 0 Å². The molecule has 0 radical (unpaired) electrons. The molecule has 0 aliphatic heterocycles. The first-order valence-electron chi connectivity index (χ1n) is 13.7. The largest absolute Gasteiger partial charge is 0.514 e. The Balaban J connectivity index is 1.29. The van der Waals surface area contributed by atoms with Gasteiger partial charge in [-0.15, -0.1) is 11.3 Å². The van der Waals surface area contributed by atoms with Gasteiger partial charge < -0.3 is 14.8 Å². The quantitative estimate of drug-likeness (QED) is 0.331. The zero-order chi connectivity index (χ0) is 27.2. The zero-order valence-electron chi connectivity index (χ0n) is 23.0. The lowest BCUT2D eigenvalue weighted by Gasteiger charge is -2.50. The van der Waals surface area contributed by atoms with Gasteiger partial charge in [0.1, 0.15) is 17.1 Å². The van der Waals surface area contributed by atoms with Crippen molar-refractivity contribution in [3.8, 4) is 5.75 Å². The van der Waals surface area contributed by atoms with Gasteiger partial charge in [0, 0.05) is 29.3 Å². The number of carbonyl (C=O) groups excluding carboxylic acids is 3. The number of aromatic nitrogens is 1. The molecule has 0 bridgehead atoms. The van der Waals surface area contributed by atoms with Crippen LogP contribution in [0.15, 0.2) is 24.4 Å². The van der Waals surface area contributed by atoms with Crippen molar-refractivity contribution in [2.45, 2.75) is 91.1 Å². The molecule has 5 unspecified atom stereocenters. The summed E-state index contributed by atoms with van der Waals surface area (Å²) >= 11 is 1.48. The lowest BCUT2D eigenvalue weighted by Crippen LogP contribution is -2.44. The van der Waals surface area contributed by atoms with Gasteiger partial charge in [-0.05, 0) is 107 Å². The monoisotopic (exact) mass is 538 g/mol. The number of ether oxygens (including phenoxy) is 2. The Hall–Kier alpha value is -2.74. The van der Waals surface area contributed by atoms with Crippen molar-refractivity contribution in [2.24, 2.45) is 23.2 Å². The maximum atomic E-state index is 13.3. The van der Waals surface area contributed by atoms with Crippen LogP contribution in [0.1, 0.15) is 88.1 Å². The molecule has 5 atom stereocenters. The molecule has 2 aromatic rings. The van der Waals surface area contributed by atoms with E-state index in [1.165, 1.54) is 22.5 Å². The Labute approximate surface area is 228 Å². The lowest BCUT2D eigenvalue weighted by molar-refractivity contribution is -0.129. The summed E-state index contributed by atoms with van der Waals surface area (Å²) in [5.74, 6) is 2.16. The minimum absolute atomic E-state index is 0.0285. The number of aryl methyl sites for hydroxylation is 2. The number of fused-ring (bicyclic) bond motifs is 5. The molecule has 0 saturated heterocycles. The number of amides is 1. The molecule has 1 aromatic heterocycles. The van der Waals surface area contributed by atoms with Crippen molar-refractivity contribution in [3.05, 3.63) is 40.4 Å². The van der Waals surface area contributed by atoms with Crippen LogP contribution in [0.4, 0.5) is 9.93 Å². The molecule has 38 heavy (non-hydrogen) atoms. The number of carbonyl (C=O) groups is 3. The van der Waals surface area contributed by atoms with E-state index in [-0.39, 0.29) is 23.2 Å². The number of benzene rings is 1. The van der Waals surface area contributed by atoms with E-state index in [1.807, 2.05) is 39.8 Å². The molecule has 0 spiro atoms. The third-order valence-corrected chi connectivity index (χ3v) is 9.57. The highest BCUT2D eigenvalue weighted by Gasteiger charge is 2.58. The van der Waals surface area contributed by atoms with E-state index in [0.717, 1.165) is 37.0 Å². The third-order valence-electron chi connectivity index (χ3n) is 8.74. The fourth-order valence-corrected chi connectivity index (χ4v) is 7.91. The first-order chi connectivity index (χ1) is 17.9. The fraction of sp³-hybridized carbons (Fsp3) is 0.600. The number of thiazole rings is 1. The van der Waals surface area contributed by atoms with Gasteiger partial charge in [-0.2, -0.15) is 0 Å². The Morgan fingerprint density at radius 3 is 2.74 bits per heavy atom. The normalized spacial score (nSPS) is 28.2. The highest BCUT2D eigenvalue weighted by Crippen LogP contribution is 2.62. The average Bonchev–Trinajstić information content (AvgIpc) is 3.35. The van der Waals surface area contributed by atoms with Crippen LogP contribution >= 0.6 is 11.3 Å². The second-order valence-corrected chi connectivity index (χ2v) is 13.7. The molecular weight excluding hydrogens is 500 g/mol. The topological polar surface area (TPSA) is 94.6 Å². The van der Waals surface area contributed by atoms with Crippen molar-refractivity contribution >= 4 is 34.3 Å². The van der Waals surface area contributed by atoms with E-state index < -0.39 is 11.8 Å². The van der Waals surface area contributed by atoms with Crippen LogP contribution in [0.25, 0.3) is 0 Å². The number of anilines is 1. The highest BCUT2D eigenvalue weighted by molar-refractivity contribution is 7.15. The standard InChI is InChI=1S/C30H38N2O5S/c1-17-16-31-27(38-17)32-25(34)11-7-19-15-24(33)30(5)13-12-22-21-10-8-20(36-28(35)37-29(2,3)4)14-18(21)6-9-23(22)26(19)30/h8,10,14,16,19,22-23,26H,6-7,9,11-13,15H2,1-5H3,(H,31,32,34). The maximum Gasteiger partial charge on any atom is 0.514 e. The SMILES string of the molecule is Cc1cnc(NC(=O)CCC2CC(=O)C3(C)CCC4c5ccc(OC(=O)OC(C)(C)C)cc5CCC4C23)s1. The Bertz CT molecular complexity index is 1250. The predicted octanol–water partition coefficient (Wildman–Crippen LogP) is 6.84. The van der Waals surface area contributed by atoms with E-state index in [2.05, 4.69) is 23.3 Å². The molecule has 3 aliphatic rings. The zero-order valence-corrected chi connectivity index (χ0v) is 23.8. The van der Waals surface area contributed by atoms with Crippen LogP contribution in [0, 0.1) is 30.1 Å². The summed E-state index contributed by atoms with van der Waals surface area (Å²) in [6.45, 7) is 9.57. The molecule has 1 aromatic carbocycles. The summed E-state index contributed by atoms with van der Waals surface area (Å²) in [5.41, 5.74) is 1.62. The average molecular weight is 539 g/mol. The van der Waals surface area contributed by atoms with Gasteiger partial charge in [-0.3, -0.25) is 9.59 Å². The van der Waals surface area contributed by atoms with Gasteiger partial charge in [0.25, 0.3) is 0 Å². The summed E-state index contributed by atoms with van der Waals surface area (Å²) in [6.07, 6.45) is 6.53. The van der Waals surface area contributed by atoms with E-state index in [1.54, 1.807) is 6.20 Å². The highest BCUT2D eigenvalue weighted by atomic mass is 32.1. The number of rotatable bonds is 5. The molecule has 5 rings (SSSR count). The van der Waals surface area contributed by atoms with Crippen molar-refractivity contribution in [3.63, 3.8) is 0 Å². The smallest absolute Gasteiger partial charge is 0.428 e. The van der Waals surface area contributed by atoms with Gasteiger partial charge >= 0.3 is 6.16 Å². The molecular formula is C30H38N2O5S. The maximum absolute atomic E-state index is 13.3. The molecule has 2 saturated carbocycles. The van der Waals surface area contributed by atoms with Crippen molar-refractivity contribution in [2.75, 3.05) is 5.32 Å². The minimum atomic E-state index is -0.694. The second-order valence-electron chi connectivity index (χ2n) is 12.5. The number of hydrogen-bond donors (Lipinski definition) is 1. The molecule has 204 valence electrons. The van der Waals surface area contributed by atoms with E-state index >= 15 is 0 Å². The summed E-state index contributed by atoms with van der Waals surface area (Å²) in [4.78, 5) is 43.4. The van der Waals surface area contributed by atoms with Crippen LogP contribution < -0.4 is 10.1 Å². The van der Waals surface area contributed by atoms with Crippen molar-refractivity contribution in [1.82, 2.24) is 4.98 Å². The molecule has 3 aliphatic carbocycles. The number of hydrogen-bond acceptors (Lipinski definition) is 7. The molecule has 1 amide bonds. The summed E-state index contributed by atoms with van der Waals surface area (Å²) < 4.78 is 10.8. The fourth-order valence-electron chi connectivity index (χ4n) is 7.22. The van der Waals surface area contributed by atoms with Gasteiger partial charge in [0.2, 0.25) is 5.91 Å². The first kappa shape index (κ1) is 26.9. The molecule has 8 heteroatoms. The van der Waals surface area contributed by atoms with Gasteiger partial charge in [0.05, 0.1) is 0 Å². The summed E-state index contributed by atoms with van der Waals surface area (Å²) in [6, 6.07) is 5.94. The van der Waals surface area contributed by atoms with Gasteiger partial charge in [-0.25, -0.2) is 9.78 Å². The van der Waals surface area contributed by atoms with Gasteiger partial charge in [-0.1, -0.05) is 13.0 Å². The molecule has 1 N–H and O–H groups in total. The van der Waals surface area contributed by atoms with Crippen LogP contribution in [-0.2, 0) is 20.7 Å². The van der Waals surface area contributed by atoms with E-state index in [4.69, 9.17) is 9.47 Å². The number of nitrogens with zero attached hydrogens (tertiary/aromatic N) is 1.